The van der Waals surface area contributed by atoms with Gasteiger partial charge < -0.3 is 9.30 Å². The minimum absolute atomic E-state index is 0.228. The van der Waals surface area contributed by atoms with Crippen LogP contribution in [-0.2, 0) is 25.4 Å². The maximum atomic E-state index is 12.4. The van der Waals surface area contributed by atoms with Gasteiger partial charge in [-0.25, -0.2) is 14.6 Å². The first-order chi connectivity index (χ1) is 12.4. The second-order valence-electron chi connectivity index (χ2n) is 5.98. The Morgan fingerprint density at radius 2 is 1.88 bits per heavy atom. The van der Waals surface area contributed by atoms with Crippen LogP contribution < -0.4 is 16.6 Å². The Labute approximate surface area is 148 Å². The van der Waals surface area contributed by atoms with Gasteiger partial charge in [-0.05, 0) is 19.1 Å². The average Bonchev–Trinajstić information content (AvgIpc) is 3.02. The standard InChI is InChI=1S/C17H19N5O4/c1-11(26-16(24)19-12-7-5-4-6-8-12)9-22-10-18-14-13(22)15(23)21(3)17(25)20(14)2/h4-8,10-11H,9H2,1-3H3,(H,19,24). The fourth-order valence-corrected chi connectivity index (χ4v) is 2.70. The Kier molecular flexibility index (Phi) is 4.61. The van der Waals surface area contributed by atoms with Crippen LogP contribution in [0.1, 0.15) is 6.92 Å². The van der Waals surface area contributed by atoms with E-state index in [0.29, 0.717) is 11.3 Å². The maximum Gasteiger partial charge on any atom is 0.411 e. The normalized spacial score (nSPS) is 12.1. The molecule has 1 unspecified atom stereocenters. The smallest absolute Gasteiger partial charge is 0.411 e. The molecule has 0 aliphatic rings. The van der Waals surface area contributed by atoms with Crippen molar-refractivity contribution in [2.75, 3.05) is 5.32 Å². The van der Waals surface area contributed by atoms with E-state index in [-0.39, 0.29) is 12.1 Å². The highest BCUT2D eigenvalue weighted by Crippen LogP contribution is 2.09. The molecule has 1 amide bonds. The second-order valence-corrected chi connectivity index (χ2v) is 5.98. The van der Waals surface area contributed by atoms with Crippen LogP contribution in [0.2, 0.25) is 0 Å². The number of fused-ring (bicyclic) bond motifs is 1. The van der Waals surface area contributed by atoms with Gasteiger partial charge in [0.1, 0.15) is 6.10 Å². The van der Waals surface area contributed by atoms with E-state index in [2.05, 4.69) is 10.3 Å². The van der Waals surface area contributed by atoms with Crippen molar-refractivity contribution >= 4 is 22.9 Å². The lowest BCUT2D eigenvalue weighted by molar-refractivity contribution is 0.111. The minimum Gasteiger partial charge on any atom is -0.444 e. The molecule has 1 atom stereocenters. The van der Waals surface area contributed by atoms with Crippen LogP contribution in [0, 0.1) is 0 Å². The van der Waals surface area contributed by atoms with Gasteiger partial charge in [-0.3, -0.25) is 19.2 Å². The van der Waals surface area contributed by atoms with Gasteiger partial charge in [0.2, 0.25) is 0 Å². The summed E-state index contributed by atoms with van der Waals surface area (Å²) in [5.41, 5.74) is 0.315. The number of imidazole rings is 1. The van der Waals surface area contributed by atoms with Crippen LogP contribution in [-0.4, -0.2) is 30.9 Å². The highest BCUT2D eigenvalue weighted by molar-refractivity contribution is 5.84. The molecule has 0 saturated carbocycles. The Bertz CT molecular complexity index is 1060. The predicted octanol–water partition coefficient (Wildman–Crippen LogP) is 1.07. The lowest BCUT2D eigenvalue weighted by Crippen LogP contribution is -2.38. The summed E-state index contributed by atoms with van der Waals surface area (Å²) in [6.45, 7) is 1.94. The number of rotatable bonds is 4. The number of aromatic nitrogens is 4. The number of carbonyl (C=O) groups excluding carboxylic acids is 1. The summed E-state index contributed by atoms with van der Waals surface area (Å²) in [4.78, 5) is 40.5. The third kappa shape index (κ3) is 3.23. The Hall–Kier alpha value is -3.36. The van der Waals surface area contributed by atoms with E-state index in [9.17, 15) is 14.4 Å². The zero-order valence-corrected chi connectivity index (χ0v) is 14.7. The first-order valence-corrected chi connectivity index (χ1v) is 8.02. The highest BCUT2D eigenvalue weighted by atomic mass is 16.6. The molecule has 0 bridgehead atoms. The summed E-state index contributed by atoms with van der Waals surface area (Å²) in [6.07, 6.45) is 0.354. The molecule has 0 spiro atoms. The summed E-state index contributed by atoms with van der Waals surface area (Å²) in [5.74, 6) is 0. The SMILES string of the molecule is CC(Cn1cnc2c1c(=O)n(C)c(=O)n2C)OC(=O)Nc1ccccc1. The predicted molar refractivity (Wildman–Crippen MR) is 96.2 cm³/mol. The van der Waals surface area contributed by atoms with Gasteiger partial charge in [0, 0.05) is 19.8 Å². The third-order valence-electron chi connectivity index (χ3n) is 4.00. The molecule has 136 valence electrons. The zero-order chi connectivity index (χ0) is 18.8. The van der Waals surface area contributed by atoms with Crippen LogP contribution in [0.4, 0.5) is 10.5 Å². The Balaban J connectivity index is 1.78. The van der Waals surface area contributed by atoms with Crippen molar-refractivity contribution in [2.24, 2.45) is 14.1 Å². The lowest BCUT2D eigenvalue weighted by atomic mass is 10.3. The summed E-state index contributed by atoms with van der Waals surface area (Å²) < 4.78 is 9.23. The van der Waals surface area contributed by atoms with E-state index >= 15 is 0 Å². The zero-order valence-electron chi connectivity index (χ0n) is 14.7. The van der Waals surface area contributed by atoms with Crippen LogP contribution in [0.3, 0.4) is 0 Å². The van der Waals surface area contributed by atoms with Crippen molar-refractivity contribution in [3.05, 3.63) is 57.5 Å². The Morgan fingerprint density at radius 1 is 1.19 bits per heavy atom. The summed E-state index contributed by atoms with van der Waals surface area (Å²) in [7, 11) is 2.96. The summed E-state index contributed by atoms with van der Waals surface area (Å²) in [6, 6.07) is 8.95. The molecule has 0 fully saturated rings. The fourth-order valence-electron chi connectivity index (χ4n) is 2.70. The number of anilines is 1. The van der Waals surface area contributed by atoms with Gasteiger partial charge in [-0.15, -0.1) is 0 Å². The minimum atomic E-state index is -0.589. The number of hydrogen-bond donors (Lipinski definition) is 1. The van der Waals surface area contributed by atoms with Gasteiger partial charge in [0.25, 0.3) is 5.56 Å². The molecule has 0 aliphatic heterocycles. The second kappa shape index (κ2) is 6.87. The highest BCUT2D eigenvalue weighted by Gasteiger charge is 2.17. The number of nitrogens with one attached hydrogen (secondary N) is 1. The molecule has 1 aromatic carbocycles. The third-order valence-corrected chi connectivity index (χ3v) is 4.00. The molecule has 2 aromatic heterocycles. The molecule has 0 radical (unpaired) electrons. The lowest BCUT2D eigenvalue weighted by Gasteiger charge is -2.15. The molecule has 0 aliphatic carbocycles. The number of hydrogen-bond acceptors (Lipinski definition) is 5. The fraction of sp³-hybridized carbons (Fsp3) is 0.294. The molecule has 0 saturated heterocycles. The number of benzene rings is 1. The molecule has 26 heavy (non-hydrogen) atoms. The van der Waals surface area contributed by atoms with Crippen LogP contribution in [0.25, 0.3) is 11.2 Å². The first-order valence-electron chi connectivity index (χ1n) is 8.02. The quantitative estimate of drug-likeness (QED) is 0.753. The van der Waals surface area contributed by atoms with E-state index < -0.39 is 23.4 Å². The molecule has 3 aromatic rings. The van der Waals surface area contributed by atoms with Crippen LogP contribution in [0.15, 0.2) is 46.2 Å². The van der Waals surface area contributed by atoms with Gasteiger partial charge in [-0.2, -0.15) is 0 Å². The largest absolute Gasteiger partial charge is 0.444 e. The van der Waals surface area contributed by atoms with Crippen molar-refractivity contribution in [1.82, 2.24) is 18.7 Å². The summed E-state index contributed by atoms with van der Waals surface area (Å²) >= 11 is 0. The average molecular weight is 357 g/mol. The number of para-hydroxylation sites is 1. The van der Waals surface area contributed by atoms with Crippen molar-refractivity contribution < 1.29 is 9.53 Å². The first kappa shape index (κ1) is 17.5. The van der Waals surface area contributed by atoms with Crippen molar-refractivity contribution in [1.29, 1.82) is 0 Å². The van der Waals surface area contributed by atoms with Crippen molar-refractivity contribution in [3.63, 3.8) is 0 Å². The molecule has 9 nitrogen and oxygen atoms in total. The molecule has 1 N–H and O–H groups in total. The molecule has 3 rings (SSSR count). The van der Waals surface area contributed by atoms with E-state index in [1.54, 1.807) is 42.8 Å². The Morgan fingerprint density at radius 3 is 2.58 bits per heavy atom. The molecule has 2 heterocycles. The van der Waals surface area contributed by atoms with E-state index in [1.807, 2.05) is 6.07 Å². The van der Waals surface area contributed by atoms with Gasteiger partial charge in [0.15, 0.2) is 11.2 Å². The maximum absolute atomic E-state index is 12.4. The number of ether oxygens (including phenoxy) is 1. The monoisotopic (exact) mass is 357 g/mol. The van der Waals surface area contributed by atoms with E-state index in [4.69, 9.17) is 4.74 Å². The summed E-state index contributed by atoms with van der Waals surface area (Å²) in [5, 5.41) is 2.63. The molecule has 9 heteroatoms. The van der Waals surface area contributed by atoms with Crippen LogP contribution in [0.5, 0.6) is 0 Å². The van der Waals surface area contributed by atoms with E-state index in [0.717, 1.165) is 4.57 Å². The topological polar surface area (TPSA) is 100 Å². The number of amides is 1. The van der Waals surface area contributed by atoms with Gasteiger partial charge in [-0.1, -0.05) is 18.2 Å². The number of carbonyl (C=O) groups is 1. The van der Waals surface area contributed by atoms with Crippen LogP contribution >= 0.6 is 0 Å². The van der Waals surface area contributed by atoms with Gasteiger partial charge in [0.05, 0.1) is 12.9 Å². The van der Waals surface area contributed by atoms with E-state index in [1.165, 1.54) is 17.9 Å². The van der Waals surface area contributed by atoms with Crippen molar-refractivity contribution in [2.45, 2.75) is 19.6 Å². The number of aryl methyl sites for hydroxylation is 1. The van der Waals surface area contributed by atoms with Gasteiger partial charge >= 0.3 is 11.8 Å². The molecular formula is C17H19N5O4. The molecular weight excluding hydrogens is 338 g/mol. The number of nitrogens with zero attached hydrogens (tertiary/aromatic N) is 4. The van der Waals surface area contributed by atoms with Crippen molar-refractivity contribution in [3.8, 4) is 0 Å².